The van der Waals surface area contributed by atoms with Crippen molar-refractivity contribution in [1.82, 2.24) is 9.55 Å². The molecular formula is C16H23N3. The quantitative estimate of drug-likeness (QED) is 0.853. The molecule has 102 valence electrons. The molecule has 1 aromatic heterocycles. The molecule has 0 saturated heterocycles. The fourth-order valence-corrected chi connectivity index (χ4v) is 2.35. The Kier molecular flexibility index (Phi) is 4.61. The molecule has 0 saturated carbocycles. The van der Waals surface area contributed by atoms with Crippen LogP contribution in [0.4, 0.5) is 5.95 Å². The Morgan fingerprint density at radius 1 is 1.16 bits per heavy atom. The number of aromatic nitrogens is 2. The summed E-state index contributed by atoms with van der Waals surface area (Å²) in [5.41, 5.74) is 3.83. The molecule has 2 aromatic rings. The van der Waals surface area contributed by atoms with Gasteiger partial charge in [0.25, 0.3) is 0 Å². The predicted octanol–water partition coefficient (Wildman–Crippen LogP) is 3.78. The molecule has 0 aliphatic heterocycles. The van der Waals surface area contributed by atoms with Crippen molar-refractivity contribution in [2.45, 2.75) is 46.7 Å². The van der Waals surface area contributed by atoms with Crippen LogP contribution < -0.4 is 5.32 Å². The minimum atomic E-state index is 0.837. The highest BCUT2D eigenvalue weighted by molar-refractivity contribution is 5.34. The first-order chi connectivity index (χ1) is 9.24. The molecule has 3 heteroatoms. The highest BCUT2D eigenvalue weighted by Crippen LogP contribution is 2.14. The number of hydrogen-bond donors (Lipinski definition) is 1. The van der Waals surface area contributed by atoms with Crippen LogP contribution in [-0.4, -0.2) is 9.55 Å². The van der Waals surface area contributed by atoms with Crippen LogP contribution in [0.25, 0.3) is 0 Å². The summed E-state index contributed by atoms with van der Waals surface area (Å²) in [4.78, 5) is 4.55. The summed E-state index contributed by atoms with van der Waals surface area (Å²) in [5, 5.41) is 3.46. The van der Waals surface area contributed by atoms with E-state index in [0.717, 1.165) is 37.6 Å². The van der Waals surface area contributed by atoms with Crippen LogP contribution >= 0.6 is 0 Å². The monoisotopic (exact) mass is 257 g/mol. The van der Waals surface area contributed by atoms with Gasteiger partial charge in [0.15, 0.2) is 0 Å². The molecule has 1 aromatic carbocycles. The maximum Gasteiger partial charge on any atom is 0.203 e. The molecule has 0 amide bonds. The summed E-state index contributed by atoms with van der Waals surface area (Å²) in [5.74, 6) is 0.977. The van der Waals surface area contributed by atoms with E-state index in [9.17, 15) is 0 Å². The predicted molar refractivity (Wildman–Crippen MR) is 80.4 cm³/mol. The lowest BCUT2D eigenvalue weighted by Crippen LogP contribution is -2.08. The Morgan fingerprint density at radius 2 is 1.89 bits per heavy atom. The van der Waals surface area contributed by atoms with Crippen molar-refractivity contribution in [2.24, 2.45) is 0 Å². The van der Waals surface area contributed by atoms with Gasteiger partial charge in [-0.3, -0.25) is 0 Å². The van der Waals surface area contributed by atoms with Crippen molar-refractivity contribution in [1.29, 1.82) is 0 Å². The standard InChI is InChI=1S/C16H23N3/c1-4-10-19-12-13(3)18-16(19)17-11-15-9-7-6-8-14(15)5-2/h6-9,12H,4-5,10-11H2,1-3H3,(H,17,18). The lowest BCUT2D eigenvalue weighted by atomic mass is 10.1. The summed E-state index contributed by atoms with van der Waals surface area (Å²) in [7, 11) is 0. The van der Waals surface area contributed by atoms with Crippen LogP contribution in [-0.2, 0) is 19.5 Å². The average molecular weight is 257 g/mol. The van der Waals surface area contributed by atoms with E-state index in [0.29, 0.717) is 0 Å². The molecule has 0 bridgehead atoms. The van der Waals surface area contributed by atoms with Gasteiger partial charge in [0.1, 0.15) is 0 Å². The van der Waals surface area contributed by atoms with Crippen molar-refractivity contribution in [3.63, 3.8) is 0 Å². The Hall–Kier alpha value is -1.77. The normalized spacial score (nSPS) is 10.7. The minimum absolute atomic E-state index is 0.837. The Labute approximate surface area is 115 Å². The van der Waals surface area contributed by atoms with Crippen LogP contribution in [0.15, 0.2) is 30.5 Å². The van der Waals surface area contributed by atoms with Crippen LogP contribution in [0, 0.1) is 6.92 Å². The van der Waals surface area contributed by atoms with E-state index < -0.39 is 0 Å². The summed E-state index contributed by atoms with van der Waals surface area (Å²) < 4.78 is 2.20. The van der Waals surface area contributed by atoms with Crippen molar-refractivity contribution in [3.05, 3.63) is 47.3 Å². The van der Waals surface area contributed by atoms with Gasteiger partial charge in [-0.15, -0.1) is 0 Å². The van der Waals surface area contributed by atoms with E-state index in [1.807, 2.05) is 6.92 Å². The third-order valence-corrected chi connectivity index (χ3v) is 3.30. The largest absolute Gasteiger partial charge is 0.352 e. The highest BCUT2D eigenvalue weighted by atomic mass is 15.2. The van der Waals surface area contributed by atoms with Crippen molar-refractivity contribution in [2.75, 3.05) is 5.32 Å². The Balaban J connectivity index is 2.09. The molecule has 0 radical (unpaired) electrons. The molecule has 0 aliphatic rings. The zero-order valence-corrected chi connectivity index (χ0v) is 12.1. The second kappa shape index (κ2) is 6.41. The van der Waals surface area contributed by atoms with Gasteiger partial charge in [0, 0.05) is 19.3 Å². The van der Waals surface area contributed by atoms with Crippen LogP contribution in [0.1, 0.15) is 37.1 Å². The molecule has 3 nitrogen and oxygen atoms in total. The SMILES string of the molecule is CCCn1cc(C)nc1NCc1ccccc1CC. The molecule has 0 spiro atoms. The summed E-state index contributed by atoms with van der Waals surface area (Å²) in [6.45, 7) is 8.27. The summed E-state index contributed by atoms with van der Waals surface area (Å²) >= 11 is 0. The molecular weight excluding hydrogens is 234 g/mol. The van der Waals surface area contributed by atoms with Crippen molar-refractivity contribution < 1.29 is 0 Å². The van der Waals surface area contributed by atoms with E-state index >= 15 is 0 Å². The average Bonchev–Trinajstić information content (AvgIpc) is 2.77. The zero-order valence-electron chi connectivity index (χ0n) is 12.1. The Bertz CT molecular complexity index is 529. The lowest BCUT2D eigenvalue weighted by Gasteiger charge is -2.11. The number of aryl methyl sites for hydroxylation is 3. The van der Waals surface area contributed by atoms with E-state index in [2.05, 4.69) is 59.2 Å². The van der Waals surface area contributed by atoms with Crippen LogP contribution in [0.5, 0.6) is 0 Å². The minimum Gasteiger partial charge on any atom is -0.352 e. The van der Waals surface area contributed by atoms with E-state index in [1.165, 1.54) is 11.1 Å². The van der Waals surface area contributed by atoms with Gasteiger partial charge in [-0.05, 0) is 30.9 Å². The van der Waals surface area contributed by atoms with E-state index in [1.54, 1.807) is 0 Å². The maximum atomic E-state index is 4.55. The van der Waals surface area contributed by atoms with Gasteiger partial charge in [0.05, 0.1) is 5.69 Å². The lowest BCUT2D eigenvalue weighted by molar-refractivity contribution is 0.681. The smallest absolute Gasteiger partial charge is 0.203 e. The molecule has 0 atom stereocenters. The first-order valence-electron chi connectivity index (χ1n) is 7.09. The molecule has 19 heavy (non-hydrogen) atoms. The summed E-state index contributed by atoms with van der Waals surface area (Å²) in [6, 6.07) is 8.58. The number of benzene rings is 1. The number of anilines is 1. The van der Waals surface area contributed by atoms with Gasteiger partial charge < -0.3 is 9.88 Å². The second-order valence-electron chi connectivity index (χ2n) is 4.88. The van der Waals surface area contributed by atoms with Crippen LogP contribution in [0.2, 0.25) is 0 Å². The first kappa shape index (κ1) is 13.7. The van der Waals surface area contributed by atoms with Gasteiger partial charge in [-0.2, -0.15) is 0 Å². The van der Waals surface area contributed by atoms with Crippen LogP contribution in [0.3, 0.4) is 0 Å². The molecule has 1 heterocycles. The zero-order chi connectivity index (χ0) is 13.7. The molecule has 1 N–H and O–H groups in total. The van der Waals surface area contributed by atoms with Gasteiger partial charge in [-0.1, -0.05) is 38.1 Å². The van der Waals surface area contributed by atoms with Crippen molar-refractivity contribution >= 4 is 5.95 Å². The van der Waals surface area contributed by atoms with Gasteiger partial charge in [0.2, 0.25) is 5.95 Å². The maximum absolute atomic E-state index is 4.55. The molecule has 0 unspecified atom stereocenters. The second-order valence-corrected chi connectivity index (χ2v) is 4.88. The molecule has 2 rings (SSSR count). The number of rotatable bonds is 6. The van der Waals surface area contributed by atoms with E-state index in [-0.39, 0.29) is 0 Å². The third kappa shape index (κ3) is 3.37. The summed E-state index contributed by atoms with van der Waals surface area (Å²) in [6.07, 6.45) is 4.30. The van der Waals surface area contributed by atoms with E-state index in [4.69, 9.17) is 0 Å². The molecule has 0 fully saturated rings. The number of nitrogens with zero attached hydrogens (tertiary/aromatic N) is 2. The number of nitrogens with one attached hydrogen (secondary N) is 1. The fourth-order valence-electron chi connectivity index (χ4n) is 2.35. The first-order valence-corrected chi connectivity index (χ1v) is 7.09. The third-order valence-electron chi connectivity index (χ3n) is 3.30. The van der Waals surface area contributed by atoms with Gasteiger partial charge in [-0.25, -0.2) is 4.98 Å². The number of hydrogen-bond acceptors (Lipinski definition) is 2. The molecule has 0 aliphatic carbocycles. The topological polar surface area (TPSA) is 29.9 Å². The highest BCUT2D eigenvalue weighted by Gasteiger charge is 2.05. The number of imidazole rings is 1. The fraction of sp³-hybridized carbons (Fsp3) is 0.438. The van der Waals surface area contributed by atoms with Crippen molar-refractivity contribution in [3.8, 4) is 0 Å². The Morgan fingerprint density at radius 3 is 2.58 bits per heavy atom. The van der Waals surface area contributed by atoms with Gasteiger partial charge >= 0.3 is 0 Å².